The van der Waals surface area contributed by atoms with E-state index in [1.807, 2.05) is 6.20 Å². The standard InChI is InChI=1S/C14H19N3S2/c1-2-6-18-12(4-1)10-15-8-11-9-16-17-14(11)13-5-3-7-19-13/h3,5,7,9,12,15H,1-2,4,6,8,10H2,(H,16,17). The van der Waals surface area contributed by atoms with Crippen LogP contribution in [-0.4, -0.2) is 27.7 Å². The summed E-state index contributed by atoms with van der Waals surface area (Å²) in [5.74, 6) is 1.33. The molecule has 3 nitrogen and oxygen atoms in total. The molecule has 3 rings (SSSR count). The Balaban J connectivity index is 1.54. The van der Waals surface area contributed by atoms with Crippen LogP contribution in [0.2, 0.25) is 0 Å². The molecular formula is C14H19N3S2. The monoisotopic (exact) mass is 293 g/mol. The van der Waals surface area contributed by atoms with Gasteiger partial charge in [-0.2, -0.15) is 16.9 Å². The van der Waals surface area contributed by atoms with Crippen LogP contribution in [0.4, 0.5) is 0 Å². The molecule has 19 heavy (non-hydrogen) atoms. The lowest BCUT2D eigenvalue weighted by Crippen LogP contribution is -2.26. The number of nitrogens with zero attached hydrogens (tertiary/aromatic N) is 1. The van der Waals surface area contributed by atoms with E-state index in [0.29, 0.717) is 0 Å². The maximum absolute atomic E-state index is 4.18. The Morgan fingerprint density at radius 2 is 2.42 bits per heavy atom. The van der Waals surface area contributed by atoms with Gasteiger partial charge in [-0.05, 0) is 30.0 Å². The van der Waals surface area contributed by atoms with E-state index in [-0.39, 0.29) is 0 Å². The second-order valence-electron chi connectivity index (χ2n) is 4.87. The van der Waals surface area contributed by atoms with Gasteiger partial charge < -0.3 is 5.32 Å². The molecule has 0 aromatic carbocycles. The molecule has 1 fully saturated rings. The van der Waals surface area contributed by atoms with Crippen molar-refractivity contribution in [3.8, 4) is 10.6 Å². The molecule has 1 saturated heterocycles. The van der Waals surface area contributed by atoms with E-state index >= 15 is 0 Å². The van der Waals surface area contributed by atoms with Crippen LogP contribution in [0.3, 0.4) is 0 Å². The minimum Gasteiger partial charge on any atom is -0.311 e. The zero-order chi connectivity index (χ0) is 12.9. The number of hydrogen-bond acceptors (Lipinski definition) is 4. The highest BCUT2D eigenvalue weighted by Gasteiger charge is 2.14. The van der Waals surface area contributed by atoms with Crippen molar-refractivity contribution >= 4 is 23.1 Å². The summed E-state index contributed by atoms with van der Waals surface area (Å²) < 4.78 is 0. The number of nitrogens with one attached hydrogen (secondary N) is 2. The Hall–Kier alpha value is -0.780. The average Bonchev–Trinajstić information content (AvgIpc) is 3.10. The maximum Gasteiger partial charge on any atom is 0.0794 e. The topological polar surface area (TPSA) is 40.7 Å². The molecule has 1 atom stereocenters. The second-order valence-corrected chi connectivity index (χ2v) is 7.22. The highest BCUT2D eigenvalue weighted by Crippen LogP contribution is 2.26. The van der Waals surface area contributed by atoms with E-state index in [2.05, 4.69) is 44.8 Å². The Labute approximate surface area is 122 Å². The number of thioether (sulfide) groups is 1. The van der Waals surface area contributed by atoms with Gasteiger partial charge in [-0.25, -0.2) is 0 Å². The van der Waals surface area contributed by atoms with Crippen molar-refractivity contribution in [2.45, 2.75) is 31.1 Å². The predicted octanol–water partition coefficient (Wildman–Crippen LogP) is 3.51. The van der Waals surface area contributed by atoms with Gasteiger partial charge in [-0.15, -0.1) is 11.3 Å². The Morgan fingerprint density at radius 3 is 3.21 bits per heavy atom. The number of H-pyrrole nitrogens is 1. The summed E-state index contributed by atoms with van der Waals surface area (Å²) >= 11 is 3.87. The lowest BCUT2D eigenvalue weighted by atomic mass is 10.2. The van der Waals surface area contributed by atoms with Crippen molar-refractivity contribution in [1.82, 2.24) is 15.5 Å². The molecule has 1 aliphatic heterocycles. The van der Waals surface area contributed by atoms with E-state index in [1.165, 1.54) is 41.1 Å². The van der Waals surface area contributed by atoms with Crippen molar-refractivity contribution in [1.29, 1.82) is 0 Å². The number of rotatable bonds is 5. The van der Waals surface area contributed by atoms with Gasteiger partial charge in [-0.3, -0.25) is 5.10 Å². The van der Waals surface area contributed by atoms with E-state index < -0.39 is 0 Å². The minimum atomic E-state index is 0.797. The van der Waals surface area contributed by atoms with Crippen molar-refractivity contribution in [2.75, 3.05) is 12.3 Å². The molecular weight excluding hydrogens is 274 g/mol. The van der Waals surface area contributed by atoms with Crippen molar-refractivity contribution in [2.24, 2.45) is 0 Å². The van der Waals surface area contributed by atoms with E-state index in [4.69, 9.17) is 0 Å². The van der Waals surface area contributed by atoms with Crippen LogP contribution in [0.25, 0.3) is 10.6 Å². The minimum absolute atomic E-state index is 0.797. The zero-order valence-corrected chi connectivity index (χ0v) is 12.5. The van der Waals surface area contributed by atoms with Crippen molar-refractivity contribution in [3.63, 3.8) is 0 Å². The van der Waals surface area contributed by atoms with E-state index in [1.54, 1.807) is 11.3 Å². The van der Waals surface area contributed by atoms with E-state index in [9.17, 15) is 0 Å². The van der Waals surface area contributed by atoms with Gasteiger partial charge in [0.1, 0.15) is 0 Å². The van der Waals surface area contributed by atoms with Crippen LogP contribution >= 0.6 is 23.1 Å². The molecule has 3 heterocycles. The first-order valence-corrected chi connectivity index (χ1v) is 8.75. The van der Waals surface area contributed by atoms with Crippen LogP contribution in [0, 0.1) is 0 Å². The van der Waals surface area contributed by atoms with Crippen molar-refractivity contribution in [3.05, 3.63) is 29.3 Å². The Morgan fingerprint density at radius 1 is 1.42 bits per heavy atom. The highest BCUT2D eigenvalue weighted by atomic mass is 32.2. The average molecular weight is 293 g/mol. The van der Waals surface area contributed by atoms with Crippen molar-refractivity contribution < 1.29 is 0 Å². The quantitative estimate of drug-likeness (QED) is 0.886. The molecule has 2 N–H and O–H groups in total. The third kappa shape index (κ3) is 3.41. The van der Waals surface area contributed by atoms with Gasteiger partial charge >= 0.3 is 0 Å². The van der Waals surface area contributed by atoms with Gasteiger partial charge in [0.2, 0.25) is 0 Å². The SMILES string of the molecule is c1csc(-c2[nH]ncc2CNCC2CCCCS2)c1. The van der Waals surface area contributed by atoms with Gasteiger partial charge in [0, 0.05) is 23.9 Å². The predicted molar refractivity (Wildman–Crippen MR) is 83.7 cm³/mol. The summed E-state index contributed by atoms with van der Waals surface area (Å²) in [4.78, 5) is 1.27. The van der Waals surface area contributed by atoms with Crippen LogP contribution in [-0.2, 0) is 6.54 Å². The molecule has 2 aromatic rings. The number of aromatic nitrogens is 2. The van der Waals surface area contributed by atoms with Gasteiger partial charge in [0.15, 0.2) is 0 Å². The molecule has 102 valence electrons. The normalized spacial score (nSPS) is 19.7. The molecule has 5 heteroatoms. The summed E-state index contributed by atoms with van der Waals surface area (Å²) in [5, 5.41) is 13.8. The fraction of sp³-hybridized carbons (Fsp3) is 0.500. The summed E-state index contributed by atoms with van der Waals surface area (Å²) in [6, 6.07) is 4.22. The fourth-order valence-corrected chi connectivity index (χ4v) is 4.44. The molecule has 0 radical (unpaired) electrons. The second kappa shape index (κ2) is 6.59. The molecule has 0 aliphatic carbocycles. The lowest BCUT2D eigenvalue weighted by molar-refractivity contribution is 0.598. The molecule has 1 unspecified atom stereocenters. The first kappa shape index (κ1) is 13.2. The maximum atomic E-state index is 4.18. The molecule has 2 aromatic heterocycles. The molecule has 0 bridgehead atoms. The largest absolute Gasteiger partial charge is 0.311 e. The summed E-state index contributed by atoms with van der Waals surface area (Å²) in [6.07, 6.45) is 6.09. The smallest absolute Gasteiger partial charge is 0.0794 e. The summed E-state index contributed by atoms with van der Waals surface area (Å²) in [6.45, 7) is 2.01. The first-order chi connectivity index (χ1) is 9.43. The van der Waals surface area contributed by atoms with Gasteiger partial charge in [0.05, 0.1) is 16.8 Å². The summed E-state index contributed by atoms with van der Waals surface area (Å²) in [5.41, 5.74) is 2.43. The summed E-state index contributed by atoms with van der Waals surface area (Å²) in [7, 11) is 0. The lowest BCUT2D eigenvalue weighted by Gasteiger charge is -2.21. The highest BCUT2D eigenvalue weighted by molar-refractivity contribution is 7.99. The van der Waals surface area contributed by atoms with Crippen LogP contribution in [0.1, 0.15) is 24.8 Å². The van der Waals surface area contributed by atoms with Crippen LogP contribution in [0.5, 0.6) is 0 Å². The molecule has 0 saturated carbocycles. The van der Waals surface area contributed by atoms with Gasteiger partial charge in [0.25, 0.3) is 0 Å². The molecule has 0 spiro atoms. The number of thiophene rings is 1. The fourth-order valence-electron chi connectivity index (χ4n) is 2.42. The third-order valence-corrected chi connectivity index (χ3v) is 5.73. The molecule has 1 aliphatic rings. The Bertz CT molecular complexity index is 487. The third-order valence-electron chi connectivity index (χ3n) is 3.45. The Kier molecular flexibility index (Phi) is 4.58. The van der Waals surface area contributed by atoms with Crippen LogP contribution < -0.4 is 5.32 Å². The number of aromatic amines is 1. The first-order valence-electron chi connectivity index (χ1n) is 6.82. The zero-order valence-electron chi connectivity index (χ0n) is 10.9. The van der Waals surface area contributed by atoms with Crippen LogP contribution in [0.15, 0.2) is 23.7 Å². The van der Waals surface area contributed by atoms with Gasteiger partial charge in [-0.1, -0.05) is 12.5 Å². The molecule has 0 amide bonds. The van der Waals surface area contributed by atoms with E-state index in [0.717, 1.165) is 18.3 Å². The number of hydrogen-bond donors (Lipinski definition) is 2.